The van der Waals surface area contributed by atoms with E-state index in [1.807, 2.05) is 0 Å². The van der Waals surface area contributed by atoms with Gasteiger partial charge in [-0.05, 0) is 25.9 Å². The Kier molecular flexibility index (Phi) is 18.9. The van der Waals surface area contributed by atoms with Crippen LogP contribution in [-0.2, 0) is 9.59 Å². The van der Waals surface area contributed by atoms with Crippen LogP contribution in [0.1, 0.15) is 52.4 Å². The summed E-state index contributed by atoms with van der Waals surface area (Å²) in [5.74, 6) is -0.562. The lowest BCUT2D eigenvalue weighted by Gasteiger charge is -1.99. The predicted molar refractivity (Wildman–Crippen MR) is 83.2 cm³/mol. The van der Waals surface area contributed by atoms with Crippen LogP contribution in [-0.4, -0.2) is 38.0 Å². The van der Waals surface area contributed by atoms with Gasteiger partial charge in [0.15, 0.2) is 0 Å². The van der Waals surface area contributed by atoms with Crippen molar-refractivity contribution in [2.45, 2.75) is 52.4 Å². The molecule has 0 saturated heterocycles. The monoisotopic (exact) mass is 288 g/mol. The summed E-state index contributed by atoms with van der Waals surface area (Å²) >= 11 is 0. The van der Waals surface area contributed by atoms with Crippen molar-refractivity contribution in [2.24, 2.45) is 11.5 Å². The Morgan fingerprint density at radius 1 is 0.750 bits per heavy atom. The number of carbonyl (C=O) groups excluding carboxylic acids is 2. The SMILES string of the molecule is CCCCCNCC(N)=O.CCCCCNCC(N)=O. The van der Waals surface area contributed by atoms with Crippen molar-refractivity contribution in [1.82, 2.24) is 10.6 Å². The van der Waals surface area contributed by atoms with Gasteiger partial charge in [-0.2, -0.15) is 0 Å². The molecule has 0 aliphatic rings. The fourth-order valence-corrected chi connectivity index (χ4v) is 1.42. The van der Waals surface area contributed by atoms with Crippen LogP contribution in [0.3, 0.4) is 0 Å². The van der Waals surface area contributed by atoms with Gasteiger partial charge in [-0.1, -0.05) is 39.5 Å². The lowest BCUT2D eigenvalue weighted by Crippen LogP contribution is -2.29. The van der Waals surface area contributed by atoms with E-state index in [0.717, 1.165) is 25.9 Å². The van der Waals surface area contributed by atoms with Crippen molar-refractivity contribution in [3.63, 3.8) is 0 Å². The van der Waals surface area contributed by atoms with Gasteiger partial charge in [0.2, 0.25) is 11.8 Å². The van der Waals surface area contributed by atoms with Crippen molar-refractivity contribution in [2.75, 3.05) is 26.2 Å². The van der Waals surface area contributed by atoms with Gasteiger partial charge in [0.05, 0.1) is 13.1 Å². The lowest BCUT2D eigenvalue weighted by molar-refractivity contribution is -0.118. The van der Waals surface area contributed by atoms with Gasteiger partial charge in [0, 0.05) is 0 Å². The molecule has 0 aliphatic heterocycles. The molecule has 0 aromatic heterocycles. The van der Waals surface area contributed by atoms with Crippen LogP contribution < -0.4 is 22.1 Å². The molecule has 0 rings (SSSR count). The molecule has 0 heterocycles. The molecule has 0 aromatic rings. The second-order valence-electron chi connectivity index (χ2n) is 4.70. The molecule has 0 fully saturated rings. The number of primary amides is 2. The third-order valence-electron chi connectivity index (χ3n) is 2.51. The third kappa shape index (κ3) is 25.6. The minimum Gasteiger partial charge on any atom is -0.369 e. The Morgan fingerprint density at radius 2 is 1.10 bits per heavy atom. The normalized spacial score (nSPS) is 9.70. The maximum absolute atomic E-state index is 10.2. The van der Waals surface area contributed by atoms with Gasteiger partial charge in [0.25, 0.3) is 0 Å². The topological polar surface area (TPSA) is 110 Å². The largest absolute Gasteiger partial charge is 0.369 e. The van der Waals surface area contributed by atoms with Gasteiger partial charge >= 0.3 is 0 Å². The lowest BCUT2D eigenvalue weighted by atomic mass is 10.2. The van der Waals surface area contributed by atoms with Crippen molar-refractivity contribution in [3.05, 3.63) is 0 Å². The smallest absolute Gasteiger partial charge is 0.231 e. The van der Waals surface area contributed by atoms with E-state index in [4.69, 9.17) is 11.5 Å². The second kappa shape index (κ2) is 17.9. The first-order chi connectivity index (χ1) is 9.54. The highest BCUT2D eigenvalue weighted by Gasteiger charge is 1.91. The molecule has 0 radical (unpaired) electrons. The number of hydrogen-bond donors (Lipinski definition) is 4. The zero-order chi connectivity index (χ0) is 15.6. The van der Waals surface area contributed by atoms with Crippen molar-refractivity contribution in [3.8, 4) is 0 Å². The van der Waals surface area contributed by atoms with Gasteiger partial charge < -0.3 is 22.1 Å². The molecule has 0 atom stereocenters. The maximum Gasteiger partial charge on any atom is 0.231 e. The van der Waals surface area contributed by atoms with Crippen LogP contribution in [0.25, 0.3) is 0 Å². The van der Waals surface area contributed by atoms with Gasteiger partial charge in [-0.3, -0.25) is 9.59 Å². The molecule has 6 nitrogen and oxygen atoms in total. The van der Waals surface area contributed by atoms with Crippen molar-refractivity contribution >= 4 is 11.8 Å². The Morgan fingerprint density at radius 3 is 1.35 bits per heavy atom. The number of unbranched alkanes of at least 4 members (excludes halogenated alkanes) is 4. The van der Waals surface area contributed by atoms with E-state index in [1.165, 1.54) is 25.7 Å². The molecule has 0 aliphatic carbocycles. The van der Waals surface area contributed by atoms with E-state index >= 15 is 0 Å². The number of amides is 2. The average molecular weight is 288 g/mol. The first kappa shape index (κ1) is 21.2. The summed E-state index contributed by atoms with van der Waals surface area (Å²) in [6.45, 7) is 6.71. The highest BCUT2D eigenvalue weighted by molar-refractivity contribution is 5.76. The molecule has 6 heteroatoms. The molecule has 0 aromatic carbocycles. The fourth-order valence-electron chi connectivity index (χ4n) is 1.42. The minimum absolute atomic E-state index is 0.281. The summed E-state index contributed by atoms with van der Waals surface area (Å²) < 4.78 is 0. The standard InChI is InChI=1S/2C7H16N2O/c2*1-2-3-4-5-9-6-7(8)10/h2*9H,2-6H2,1H3,(H2,8,10). The summed E-state index contributed by atoms with van der Waals surface area (Å²) in [5, 5.41) is 5.89. The third-order valence-corrected chi connectivity index (χ3v) is 2.51. The highest BCUT2D eigenvalue weighted by atomic mass is 16.1. The van der Waals surface area contributed by atoms with Crippen LogP contribution >= 0.6 is 0 Å². The summed E-state index contributed by atoms with van der Waals surface area (Å²) in [6.07, 6.45) is 7.10. The maximum atomic E-state index is 10.2. The van der Waals surface area contributed by atoms with Crippen molar-refractivity contribution < 1.29 is 9.59 Å². The fraction of sp³-hybridized carbons (Fsp3) is 0.857. The van der Waals surface area contributed by atoms with E-state index in [2.05, 4.69) is 24.5 Å². The van der Waals surface area contributed by atoms with Crippen LogP contribution in [0.15, 0.2) is 0 Å². The molecule has 6 N–H and O–H groups in total. The van der Waals surface area contributed by atoms with Crippen LogP contribution in [0.5, 0.6) is 0 Å². The number of nitrogens with two attached hydrogens (primary N) is 2. The van der Waals surface area contributed by atoms with E-state index in [1.54, 1.807) is 0 Å². The Hall–Kier alpha value is -1.14. The van der Waals surface area contributed by atoms with Crippen LogP contribution in [0, 0.1) is 0 Å². The molecule has 120 valence electrons. The van der Waals surface area contributed by atoms with Crippen LogP contribution in [0.4, 0.5) is 0 Å². The number of rotatable bonds is 12. The number of carbonyl (C=O) groups is 2. The summed E-state index contributed by atoms with van der Waals surface area (Å²) in [5.41, 5.74) is 9.81. The summed E-state index contributed by atoms with van der Waals surface area (Å²) in [6, 6.07) is 0. The molecule has 2 amide bonds. The molecule has 0 saturated carbocycles. The van der Waals surface area contributed by atoms with Gasteiger partial charge in [0.1, 0.15) is 0 Å². The van der Waals surface area contributed by atoms with Gasteiger partial charge in [-0.25, -0.2) is 0 Å². The Balaban J connectivity index is 0. The quantitative estimate of drug-likeness (QED) is 0.392. The molecule has 0 spiro atoms. The van der Waals surface area contributed by atoms with E-state index in [-0.39, 0.29) is 11.8 Å². The van der Waals surface area contributed by atoms with E-state index in [0.29, 0.717) is 13.1 Å². The number of nitrogens with one attached hydrogen (secondary N) is 2. The van der Waals surface area contributed by atoms with E-state index in [9.17, 15) is 9.59 Å². The first-order valence-corrected chi connectivity index (χ1v) is 7.52. The van der Waals surface area contributed by atoms with E-state index < -0.39 is 0 Å². The number of hydrogen-bond acceptors (Lipinski definition) is 4. The molecule has 0 bridgehead atoms. The molecule has 0 unspecified atom stereocenters. The molecular weight excluding hydrogens is 256 g/mol. The van der Waals surface area contributed by atoms with Crippen LogP contribution in [0.2, 0.25) is 0 Å². The first-order valence-electron chi connectivity index (χ1n) is 7.52. The molecule has 20 heavy (non-hydrogen) atoms. The zero-order valence-electron chi connectivity index (χ0n) is 13.0. The molecular formula is C14H32N4O2. The minimum atomic E-state index is -0.281. The summed E-state index contributed by atoms with van der Waals surface area (Å²) in [7, 11) is 0. The Labute approximate surface area is 123 Å². The van der Waals surface area contributed by atoms with Gasteiger partial charge in [-0.15, -0.1) is 0 Å². The average Bonchev–Trinajstić information content (AvgIpc) is 2.38. The second-order valence-corrected chi connectivity index (χ2v) is 4.70. The highest BCUT2D eigenvalue weighted by Crippen LogP contribution is 1.90. The van der Waals surface area contributed by atoms with Crippen molar-refractivity contribution in [1.29, 1.82) is 0 Å². The zero-order valence-corrected chi connectivity index (χ0v) is 13.0. The Bertz CT molecular complexity index is 211. The summed E-state index contributed by atoms with van der Waals surface area (Å²) in [4.78, 5) is 20.4. The predicted octanol–water partition coefficient (Wildman–Crippen LogP) is 0.503.